The molecule has 2 atom stereocenters. The Kier molecular flexibility index (Phi) is 50.5. The fourth-order valence-corrected chi connectivity index (χ4v) is 8.43. The molecule has 0 spiro atoms. The summed E-state index contributed by atoms with van der Waals surface area (Å²) in [4.78, 5) is 37.7. The topological polar surface area (TPSA) is 111 Å². The fraction of sp³-hybridized carbons (Fsp3) is 0.710. The number of hydrogen-bond donors (Lipinski definition) is 0. The summed E-state index contributed by atoms with van der Waals surface area (Å²) in [5.74, 6) is -0.868. The minimum atomic E-state index is -4.64. The van der Waals surface area contributed by atoms with Crippen LogP contribution in [0.3, 0.4) is 0 Å². The lowest BCUT2D eigenvalue weighted by Gasteiger charge is -2.28. The fourth-order valence-electron chi connectivity index (χ4n) is 7.70. The van der Waals surface area contributed by atoms with Crippen LogP contribution in [0.1, 0.15) is 232 Å². The van der Waals surface area contributed by atoms with Crippen LogP contribution in [0.4, 0.5) is 0 Å². The first kappa shape index (κ1) is 68.9. The predicted octanol–water partition coefficient (Wildman–Crippen LogP) is 17.4. The van der Waals surface area contributed by atoms with E-state index in [-0.39, 0.29) is 26.1 Å². The third kappa shape index (κ3) is 56.2. The lowest BCUT2D eigenvalue weighted by atomic mass is 10.0. The van der Waals surface area contributed by atoms with Gasteiger partial charge < -0.3 is 27.9 Å². The summed E-state index contributed by atoms with van der Waals surface area (Å²) in [7, 11) is 1.14. The first-order chi connectivity index (χ1) is 35.0. The van der Waals surface area contributed by atoms with E-state index in [1.54, 1.807) is 0 Å². The molecule has 0 aliphatic heterocycles. The zero-order valence-electron chi connectivity index (χ0n) is 46.8. The van der Waals surface area contributed by atoms with E-state index >= 15 is 0 Å². The minimum Gasteiger partial charge on any atom is -0.756 e. The Labute approximate surface area is 443 Å². The Balaban J connectivity index is 4.02. The number of ether oxygens (including phenoxy) is 2. The Morgan fingerprint density at radius 1 is 0.431 bits per heavy atom. The lowest BCUT2D eigenvalue weighted by Crippen LogP contribution is -2.37. The van der Waals surface area contributed by atoms with Crippen LogP contribution in [0.25, 0.3) is 0 Å². The van der Waals surface area contributed by atoms with Gasteiger partial charge in [0.1, 0.15) is 19.8 Å². The molecule has 72 heavy (non-hydrogen) atoms. The quantitative estimate of drug-likeness (QED) is 0.0195. The molecule has 0 heterocycles. The van der Waals surface area contributed by atoms with Crippen molar-refractivity contribution in [1.82, 2.24) is 0 Å². The van der Waals surface area contributed by atoms with Crippen LogP contribution in [0, 0.1) is 0 Å². The van der Waals surface area contributed by atoms with Gasteiger partial charge in [0.25, 0.3) is 7.82 Å². The van der Waals surface area contributed by atoms with Gasteiger partial charge in [-0.2, -0.15) is 0 Å². The number of phosphoric acid groups is 1. The van der Waals surface area contributed by atoms with Gasteiger partial charge in [-0.1, -0.05) is 227 Å². The number of carbonyl (C=O) groups is 2. The standard InChI is InChI=1S/C62H108NO8P/c1-6-8-10-12-14-16-18-20-21-22-23-24-25-26-27-28-29-30-31-32-33-34-35-36-37-38-39-40-41-43-45-47-49-51-53-55-62(65)71-60(59-70-72(66,67)69-57-56-63(3,4)5)58-68-61(64)54-52-50-48-46-44-42-19-17-15-13-11-9-7-2/h8-11,14-17,20-21,23-24,26-27,42,44,60H,6-7,12-13,18-19,22,25,28-41,43,45-59H2,1-5H3/b10-8-,11-9-,16-14-,17-15-,21-20-,24-23-,27-26-,44-42-. The average molecular weight is 1030 g/mol. The third-order valence-corrected chi connectivity index (χ3v) is 13.1. The molecule has 0 aromatic rings. The number of quaternary nitrogens is 1. The number of likely N-dealkylation sites (N-methyl/N-ethyl adjacent to an activating group) is 1. The molecule has 2 unspecified atom stereocenters. The SMILES string of the molecule is CC/C=C\C/C=C\C/C=C\C/C=C\C/C=C\CCCCCCCCCCCCCCCCCCCCCC(=O)OC(COC(=O)CCCCC/C=C\C/C=C\C/C=C\CC)COP(=O)([O-])OCC[N+](C)(C)C. The van der Waals surface area contributed by atoms with Crippen molar-refractivity contribution in [2.24, 2.45) is 0 Å². The van der Waals surface area contributed by atoms with Gasteiger partial charge in [0.15, 0.2) is 6.10 Å². The number of allylic oxidation sites excluding steroid dienone is 16. The molecule has 0 aliphatic rings. The lowest BCUT2D eigenvalue weighted by molar-refractivity contribution is -0.870. The van der Waals surface area contributed by atoms with Gasteiger partial charge in [-0.3, -0.25) is 14.2 Å². The molecule has 0 saturated carbocycles. The molecular weight excluding hydrogens is 918 g/mol. The summed E-state index contributed by atoms with van der Waals surface area (Å²) >= 11 is 0. The van der Waals surface area contributed by atoms with Crippen molar-refractivity contribution in [2.45, 2.75) is 238 Å². The van der Waals surface area contributed by atoms with E-state index in [0.29, 0.717) is 23.9 Å². The summed E-state index contributed by atoms with van der Waals surface area (Å²) in [5, 5.41) is 0. The highest BCUT2D eigenvalue weighted by molar-refractivity contribution is 7.45. The van der Waals surface area contributed by atoms with Crippen molar-refractivity contribution < 1.29 is 42.1 Å². The second-order valence-electron chi connectivity index (χ2n) is 20.2. The van der Waals surface area contributed by atoms with E-state index in [1.165, 1.54) is 103 Å². The molecule has 0 rings (SSSR count). The number of carbonyl (C=O) groups excluding carboxylic acids is 2. The van der Waals surface area contributed by atoms with Gasteiger partial charge in [0.2, 0.25) is 0 Å². The minimum absolute atomic E-state index is 0.0384. The van der Waals surface area contributed by atoms with Gasteiger partial charge in [0.05, 0.1) is 27.7 Å². The van der Waals surface area contributed by atoms with Crippen molar-refractivity contribution in [1.29, 1.82) is 0 Å². The summed E-state index contributed by atoms with van der Waals surface area (Å²) in [6, 6.07) is 0. The highest BCUT2D eigenvalue weighted by Gasteiger charge is 2.21. The second-order valence-corrected chi connectivity index (χ2v) is 21.7. The number of phosphoric ester groups is 1. The smallest absolute Gasteiger partial charge is 0.306 e. The number of nitrogens with zero attached hydrogens (tertiary/aromatic N) is 1. The van der Waals surface area contributed by atoms with Gasteiger partial charge in [-0.05, 0) is 89.9 Å². The Morgan fingerprint density at radius 3 is 1.12 bits per heavy atom. The summed E-state index contributed by atoms with van der Waals surface area (Å²) < 4.78 is 34.0. The van der Waals surface area contributed by atoms with Crippen molar-refractivity contribution in [2.75, 3.05) is 47.5 Å². The van der Waals surface area contributed by atoms with Gasteiger partial charge >= 0.3 is 11.9 Å². The zero-order chi connectivity index (χ0) is 52.7. The molecule has 0 N–H and O–H groups in total. The number of esters is 2. The van der Waals surface area contributed by atoms with Crippen LogP contribution in [0.5, 0.6) is 0 Å². The molecule has 0 aliphatic carbocycles. The number of rotatable bonds is 52. The van der Waals surface area contributed by atoms with Crippen LogP contribution in [-0.2, 0) is 32.7 Å². The van der Waals surface area contributed by atoms with Crippen molar-refractivity contribution in [3.05, 3.63) is 97.2 Å². The Hall–Kier alpha value is -3.07. The molecule has 0 saturated heterocycles. The van der Waals surface area contributed by atoms with Crippen LogP contribution in [-0.4, -0.2) is 70.0 Å². The van der Waals surface area contributed by atoms with E-state index < -0.39 is 32.5 Å². The average Bonchev–Trinajstić information content (AvgIpc) is 3.34. The number of unbranched alkanes of at least 4 members (excludes halogenated alkanes) is 22. The maximum absolute atomic E-state index is 12.8. The van der Waals surface area contributed by atoms with Crippen LogP contribution in [0.15, 0.2) is 97.2 Å². The first-order valence-electron chi connectivity index (χ1n) is 28.9. The van der Waals surface area contributed by atoms with E-state index in [9.17, 15) is 19.0 Å². The first-order valence-corrected chi connectivity index (χ1v) is 30.4. The summed E-state index contributed by atoms with van der Waals surface area (Å²) in [6.45, 7) is 3.97. The molecule has 0 fully saturated rings. The maximum Gasteiger partial charge on any atom is 0.306 e. The normalized spacial score (nSPS) is 14.0. The molecule has 9 nitrogen and oxygen atoms in total. The van der Waals surface area contributed by atoms with E-state index in [1.807, 2.05) is 21.1 Å². The largest absolute Gasteiger partial charge is 0.756 e. The molecule has 0 radical (unpaired) electrons. The molecule has 0 bridgehead atoms. The Bertz CT molecular complexity index is 1540. The van der Waals surface area contributed by atoms with Crippen LogP contribution in [0.2, 0.25) is 0 Å². The zero-order valence-corrected chi connectivity index (χ0v) is 47.7. The third-order valence-electron chi connectivity index (χ3n) is 12.1. The van der Waals surface area contributed by atoms with E-state index in [4.69, 9.17) is 18.5 Å². The monoisotopic (exact) mass is 1030 g/mol. The van der Waals surface area contributed by atoms with Gasteiger partial charge in [-0.15, -0.1) is 0 Å². The van der Waals surface area contributed by atoms with E-state index in [0.717, 1.165) is 89.9 Å². The van der Waals surface area contributed by atoms with Crippen LogP contribution >= 0.6 is 7.82 Å². The van der Waals surface area contributed by atoms with Gasteiger partial charge in [0, 0.05) is 12.8 Å². The van der Waals surface area contributed by atoms with Gasteiger partial charge in [-0.25, -0.2) is 0 Å². The molecule has 0 amide bonds. The highest BCUT2D eigenvalue weighted by Crippen LogP contribution is 2.38. The molecule has 0 aromatic carbocycles. The summed E-state index contributed by atoms with van der Waals surface area (Å²) in [6.07, 6.45) is 71.9. The second kappa shape index (κ2) is 52.8. The molecule has 0 aromatic heterocycles. The molecular formula is C62H108NO8P. The highest BCUT2D eigenvalue weighted by atomic mass is 31.2. The Morgan fingerprint density at radius 2 is 0.750 bits per heavy atom. The number of hydrogen-bond acceptors (Lipinski definition) is 8. The van der Waals surface area contributed by atoms with Crippen molar-refractivity contribution >= 4 is 19.8 Å². The maximum atomic E-state index is 12.8. The molecule has 10 heteroatoms. The van der Waals surface area contributed by atoms with Crippen LogP contribution < -0.4 is 4.89 Å². The summed E-state index contributed by atoms with van der Waals surface area (Å²) in [5.41, 5.74) is 0. The predicted molar refractivity (Wildman–Crippen MR) is 305 cm³/mol. The van der Waals surface area contributed by atoms with Crippen molar-refractivity contribution in [3.63, 3.8) is 0 Å². The molecule has 414 valence electrons. The van der Waals surface area contributed by atoms with E-state index in [2.05, 4.69) is 111 Å². The van der Waals surface area contributed by atoms with Crippen molar-refractivity contribution in [3.8, 4) is 0 Å².